The second kappa shape index (κ2) is 9.48. The van der Waals surface area contributed by atoms with E-state index in [-0.39, 0.29) is 18.3 Å². The van der Waals surface area contributed by atoms with Crippen LogP contribution < -0.4 is 10.1 Å². The molecule has 2 heterocycles. The van der Waals surface area contributed by atoms with Gasteiger partial charge in [0.05, 0.1) is 17.1 Å². The summed E-state index contributed by atoms with van der Waals surface area (Å²) in [7, 11) is 0. The Balaban J connectivity index is 1.30. The molecule has 8 nitrogen and oxygen atoms in total. The second-order valence-electron chi connectivity index (χ2n) is 6.92. The molecular weight excluding hydrogens is 412 g/mol. The van der Waals surface area contributed by atoms with E-state index in [1.54, 1.807) is 4.68 Å². The maximum atomic E-state index is 12.5. The predicted octanol–water partition coefficient (Wildman–Crippen LogP) is 3.92. The van der Waals surface area contributed by atoms with Crippen molar-refractivity contribution in [2.75, 3.05) is 11.1 Å². The highest BCUT2D eigenvalue weighted by Crippen LogP contribution is 2.19. The number of nitrogens with one attached hydrogen (secondary N) is 2. The Kier molecular flexibility index (Phi) is 6.32. The molecule has 0 saturated heterocycles. The number of anilines is 1. The molecular formula is C22H22N6O2S. The van der Waals surface area contributed by atoms with E-state index in [4.69, 9.17) is 4.74 Å². The highest BCUT2D eigenvalue weighted by atomic mass is 32.2. The van der Waals surface area contributed by atoms with E-state index in [0.717, 1.165) is 17.1 Å². The molecule has 0 unspecified atom stereocenters. The van der Waals surface area contributed by atoms with Crippen LogP contribution in [-0.2, 0) is 11.4 Å². The van der Waals surface area contributed by atoms with Crippen LogP contribution in [0.5, 0.6) is 5.75 Å². The molecule has 9 heteroatoms. The molecule has 0 atom stereocenters. The van der Waals surface area contributed by atoms with Gasteiger partial charge in [-0.25, -0.2) is 9.67 Å². The van der Waals surface area contributed by atoms with Crippen molar-refractivity contribution < 1.29 is 9.53 Å². The number of benzene rings is 2. The van der Waals surface area contributed by atoms with E-state index in [9.17, 15) is 4.79 Å². The number of aromatic amines is 1. The predicted molar refractivity (Wildman–Crippen MR) is 120 cm³/mol. The van der Waals surface area contributed by atoms with E-state index in [1.807, 2.05) is 74.5 Å². The van der Waals surface area contributed by atoms with Gasteiger partial charge in [-0.05, 0) is 38.1 Å². The molecule has 0 saturated carbocycles. The Morgan fingerprint density at radius 2 is 1.90 bits per heavy atom. The van der Waals surface area contributed by atoms with Gasteiger partial charge >= 0.3 is 0 Å². The molecule has 0 spiro atoms. The molecule has 0 aliphatic rings. The zero-order valence-electron chi connectivity index (χ0n) is 17.2. The van der Waals surface area contributed by atoms with Gasteiger partial charge in [-0.15, -0.1) is 5.10 Å². The van der Waals surface area contributed by atoms with E-state index in [0.29, 0.717) is 16.8 Å². The SMILES string of the molecule is Cc1ccc(OCc2nc(SCC(=O)Nc3cc(C)nn3-c3ccccc3)n[nH]2)cc1. The third-order valence-electron chi connectivity index (χ3n) is 4.34. The van der Waals surface area contributed by atoms with Crippen molar-refractivity contribution >= 4 is 23.5 Å². The third kappa shape index (κ3) is 5.52. The fourth-order valence-electron chi connectivity index (χ4n) is 2.86. The Bertz CT molecular complexity index is 1150. The standard InChI is InChI=1S/C22H22N6O2S/c1-15-8-10-18(11-9-15)30-13-19-23-22(26-25-19)31-14-21(29)24-20-12-16(2)27-28(20)17-6-4-3-5-7-17/h3-12H,13-14H2,1-2H3,(H,24,29)(H,23,25,26). The van der Waals surface area contributed by atoms with Crippen molar-refractivity contribution in [3.05, 3.63) is 77.7 Å². The quantitative estimate of drug-likeness (QED) is 0.408. The molecule has 0 aliphatic heterocycles. The van der Waals surface area contributed by atoms with Crippen LogP contribution in [0.1, 0.15) is 17.1 Å². The van der Waals surface area contributed by atoms with Gasteiger partial charge in [0.2, 0.25) is 11.1 Å². The van der Waals surface area contributed by atoms with Crippen LogP contribution in [0.4, 0.5) is 5.82 Å². The van der Waals surface area contributed by atoms with E-state index < -0.39 is 0 Å². The summed E-state index contributed by atoms with van der Waals surface area (Å²) in [5.74, 6) is 2.00. The maximum absolute atomic E-state index is 12.5. The fourth-order valence-corrected chi connectivity index (χ4v) is 3.47. The number of amides is 1. The minimum absolute atomic E-state index is 0.163. The number of hydrogen-bond donors (Lipinski definition) is 2. The van der Waals surface area contributed by atoms with Crippen molar-refractivity contribution in [2.45, 2.75) is 25.6 Å². The summed E-state index contributed by atoms with van der Waals surface area (Å²) in [6.07, 6.45) is 0. The van der Waals surface area contributed by atoms with Gasteiger partial charge in [0, 0.05) is 6.07 Å². The van der Waals surface area contributed by atoms with Gasteiger partial charge in [0.25, 0.3) is 0 Å². The number of aryl methyl sites for hydroxylation is 2. The Labute approximate surface area is 184 Å². The lowest BCUT2D eigenvalue weighted by molar-refractivity contribution is -0.113. The number of ether oxygens (including phenoxy) is 1. The topological polar surface area (TPSA) is 97.7 Å². The van der Waals surface area contributed by atoms with Gasteiger partial charge in [-0.1, -0.05) is 47.7 Å². The molecule has 0 aliphatic carbocycles. The van der Waals surface area contributed by atoms with Crippen molar-refractivity contribution in [3.8, 4) is 11.4 Å². The number of carbonyl (C=O) groups is 1. The number of carbonyl (C=O) groups excluding carboxylic acids is 1. The number of H-pyrrole nitrogens is 1. The summed E-state index contributed by atoms with van der Waals surface area (Å²) < 4.78 is 7.40. The molecule has 0 fully saturated rings. The van der Waals surface area contributed by atoms with Gasteiger partial charge in [-0.3, -0.25) is 9.89 Å². The molecule has 2 aromatic heterocycles. The number of nitrogens with zero attached hydrogens (tertiary/aromatic N) is 4. The normalized spacial score (nSPS) is 10.8. The summed E-state index contributed by atoms with van der Waals surface area (Å²) in [4.78, 5) is 16.8. The third-order valence-corrected chi connectivity index (χ3v) is 5.19. The summed E-state index contributed by atoms with van der Waals surface area (Å²) in [5.41, 5.74) is 2.87. The largest absolute Gasteiger partial charge is 0.486 e. The Hall–Kier alpha value is -3.59. The summed E-state index contributed by atoms with van der Waals surface area (Å²) in [6, 6.07) is 19.3. The van der Waals surface area contributed by atoms with E-state index in [1.165, 1.54) is 17.3 Å². The van der Waals surface area contributed by atoms with Gasteiger partial charge < -0.3 is 10.1 Å². The summed E-state index contributed by atoms with van der Waals surface area (Å²) >= 11 is 1.25. The van der Waals surface area contributed by atoms with Crippen molar-refractivity contribution in [1.82, 2.24) is 25.0 Å². The average molecular weight is 435 g/mol. The first-order valence-electron chi connectivity index (χ1n) is 9.72. The Morgan fingerprint density at radius 1 is 1.13 bits per heavy atom. The van der Waals surface area contributed by atoms with Crippen molar-refractivity contribution in [2.24, 2.45) is 0 Å². The van der Waals surface area contributed by atoms with Gasteiger partial charge in [0.15, 0.2) is 5.82 Å². The molecule has 4 aromatic rings. The monoisotopic (exact) mass is 434 g/mol. The average Bonchev–Trinajstić information content (AvgIpc) is 3.38. The number of rotatable bonds is 8. The number of para-hydroxylation sites is 1. The molecule has 31 heavy (non-hydrogen) atoms. The van der Waals surface area contributed by atoms with Crippen LogP contribution >= 0.6 is 11.8 Å². The van der Waals surface area contributed by atoms with Crippen LogP contribution in [0.2, 0.25) is 0 Å². The minimum Gasteiger partial charge on any atom is -0.486 e. The van der Waals surface area contributed by atoms with Gasteiger partial charge in [-0.2, -0.15) is 5.10 Å². The van der Waals surface area contributed by atoms with Crippen LogP contribution in [0.25, 0.3) is 5.69 Å². The zero-order valence-corrected chi connectivity index (χ0v) is 18.0. The lowest BCUT2D eigenvalue weighted by Crippen LogP contribution is -2.17. The van der Waals surface area contributed by atoms with Crippen LogP contribution in [0.15, 0.2) is 65.8 Å². The molecule has 4 rings (SSSR count). The van der Waals surface area contributed by atoms with Gasteiger partial charge in [0.1, 0.15) is 18.2 Å². The lowest BCUT2D eigenvalue weighted by atomic mass is 10.2. The fraction of sp³-hybridized carbons (Fsp3) is 0.182. The van der Waals surface area contributed by atoms with Crippen molar-refractivity contribution in [3.63, 3.8) is 0 Å². The lowest BCUT2D eigenvalue weighted by Gasteiger charge is -2.08. The molecule has 158 valence electrons. The first-order chi connectivity index (χ1) is 15.1. The van der Waals surface area contributed by atoms with Crippen LogP contribution in [0, 0.1) is 13.8 Å². The first kappa shape index (κ1) is 20.7. The maximum Gasteiger partial charge on any atom is 0.236 e. The van der Waals surface area contributed by atoms with E-state index >= 15 is 0 Å². The molecule has 0 radical (unpaired) electrons. The van der Waals surface area contributed by atoms with Crippen LogP contribution in [-0.4, -0.2) is 36.6 Å². The number of aromatic nitrogens is 5. The zero-order chi connectivity index (χ0) is 21.6. The smallest absolute Gasteiger partial charge is 0.236 e. The molecule has 0 bridgehead atoms. The highest BCUT2D eigenvalue weighted by Gasteiger charge is 2.13. The minimum atomic E-state index is -0.163. The number of thioether (sulfide) groups is 1. The molecule has 1 amide bonds. The summed E-state index contributed by atoms with van der Waals surface area (Å²) in [6.45, 7) is 4.19. The van der Waals surface area contributed by atoms with Crippen molar-refractivity contribution in [1.29, 1.82) is 0 Å². The van der Waals surface area contributed by atoms with Crippen LogP contribution in [0.3, 0.4) is 0 Å². The highest BCUT2D eigenvalue weighted by molar-refractivity contribution is 7.99. The second-order valence-corrected chi connectivity index (χ2v) is 7.86. The number of hydrogen-bond acceptors (Lipinski definition) is 6. The first-order valence-corrected chi connectivity index (χ1v) is 10.7. The molecule has 2 N–H and O–H groups in total. The Morgan fingerprint density at radius 3 is 2.68 bits per heavy atom. The summed E-state index contributed by atoms with van der Waals surface area (Å²) in [5, 5.41) is 14.8. The van der Waals surface area contributed by atoms with E-state index in [2.05, 4.69) is 25.6 Å². The molecule has 2 aromatic carbocycles.